The zero-order valence-electron chi connectivity index (χ0n) is 13.0. The molecule has 24 heavy (non-hydrogen) atoms. The van der Waals surface area contributed by atoms with Crippen LogP contribution >= 0.6 is 12.4 Å². The Morgan fingerprint density at radius 3 is 2.54 bits per heavy atom. The van der Waals surface area contributed by atoms with Gasteiger partial charge in [-0.2, -0.15) is 0 Å². The monoisotopic (exact) mass is 344 g/mol. The normalized spacial score (nSPS) is 11.6. The highest BCUT2D eigenvalue weighted by atomic mass is 35.5. The Hall–Kier alpha value is -2.63. The van der Waals surface area contributed by atoms with Gasteiger partial charge in [0.15, 0.2) is 0 Å². The molecule has 0 unspecified atom stereocenters. The van der Waals surface area contributed by atoms with E-state index in [1.807, 2.05) is 25.1 Å². The predicted molar refractivity (Wildman–Crippen MR) is 96.5 cm³/mol. The van der Waals surface area contributed by atoms with Gasteiger partial charge >= 0.3 is 5.63 Å². The summed E-state index contributed by atoms with van der Waals surface area (Å²) < 4.78 is 5.17. The molecule has 3 N–H and O–H groups in total. The molecule has 0 saturated carbocycles. The van der Waals surface area contributed by atoms with Crippen molar-refractivity contribution in [1.29, 1.82) is 0 Å². The van der Waals surface area contributed by atoms with Gasteiger partial charge in [-0.3, -0.25) is 4.79 Å². The molecule has 3 aromatic rings. The van der Waals surface area contributed by atoms with Crippen molar-refractivity contribution < 1.29 is 9.21 Å². The molecule has 0 fully saturated rings. The summed E-state index contributed by atoms with van der Waals surface area (Å²) in [6.07, 6.45) is 0. The van der Waals surface area contributed by atoms with Crippen molar-refractivity contribution in [2.24, 2.45) is 5.73 Å². The summed E-state index contributed by atoms with van der Waals surface area (Å²) in [5.41, 5.74) is 8.06. The molecule has 124 valence electrons. The fourth-order valence-electron chi connectivity index (χ4n) is 2.43. The maximum atomic E-state index is 12.3. The number of rotatable bonds is 3. The molecule has 6 heteroatoms. The van der Waals surface area contributed by atoms with E-state index in [1.54, 1.807) is 30.3 Å². The fraction of sp³-hybridized carbons (Fsp3) is 0.111. The molecule has 1 amide bonds. The molecule has 5 nitrogen and oxygen atoms in total. The summed E-state index contributed by atoms with van der Waals surface area (Å²) in [6, 6.07) is 15.0. The SMILES string of the molecule is Cc1cc(=O)oc2cc(NC(=O)[C@H](N)c3ccccc3)ccc12.Cl. The summed E-state index contributed by atoms with van der Waals surface area (Å²) in [5.74, 6) is -0.328. The number of fused-ring (bicyclic) bond motifs is 1. The molecule has 0 aliphatic rings. The van der Waals surface area contributed by atoms with Crippen molar-refractivity contribution in [1.82, 2.24) is 0 Å². The van der Waals surface area contributed by atoms with Gasteiger partial charge in [-0.25, -0.2) is 4.79 Å². The molecule has 1 heterocycles. The molecular formula is C18H17ClN2O3. The van der Waals surface area contributed by atoms with Crippen LogP contribution in [0.4, 0.5) is 5.69 Å². The highest BCUT2D eigenvalue weighted by Gasteiger charge is 2.16. The zero-order chi connectivity index (χ0) is 16.4. The van der Waals surface area contributed by atoms with Gasteiger partial charge in [0.25, 0.3) is 0 Å². The molecule has 0 spiro atoms. The third-order valence-electron chi connectivity index (χ3n) is 3.66. The average molecular weight is 345 g/mol. The molecule has 0 aliphatic carbocycles. The number of hydrogen-bond acceptors (Lipinski definition) is 4. The predicted octanol–water partition coefficient (Wildman–Crippen LogP) is 3.16. The number of aryl methyl sites for hydroxylation is 1. The number of benzene rings is 2. The minimum absolute atomic E-state index is 0. The van der Waals surface area contributed by atoms with E-state index in [9.17, 15) is 9.59 Å². The molecule has 0 bridgehead atoms. The summed E-state index contributed by atoms with van der Waals surface area (Å²) >= 11 is 0. The van der Waals surface area contributed by atoms with Crippen LogP contribution < -0.4 is 16.7 Å². The molecule has 2 aromatic carbocycles. The highest BCUT2D eigenvalue weighted by Crippen LogP contribution is 2.21. The Labute approximate surface area is 144 Å². The summed E-state index contributed by atoms with van der Waals surface area (Å²) in [4.78, 5) is 23.7. The topological polar surface area (TPSA) is 85.3 Å². The molecule has 0 aliphatic heterocycles. The van der Waals surface area contributed by atoms with Crippen LogP contribution in [0.1, 0.15) is 17.2 Å². The number of carbonyl (C=O) groups is 1. The minimum atomic E-state index is -0.767. The maximum Gasteiger partial charge on any atom is 0.336 e. The average Bonchev–Trinajstić information content (AvgIpc) is 2.54. The molecule has 3 rings (SSSR count). The number of anilines is 1. The van der Waals surface area contributed by atoms with E-state index in [4.69, 9.17) is 10.2 Å². The largest absolute Gasteiger partial charge is 0.423 e. The number of carbonyl (C=O) groups excluding carboxylic acids is 1. The van der Waals surface area contributed by atoms with Crippen LogP contribution in [0.25, 0.3) is 11.0 Å². The van der Waals surface area contributed by atoms with Gasteiger partial charge in [-0.1, -0.05) is 30.3 Å². The summed E-state index contributed by atoms with van der Waals surface area (Å²) in [6.45, 7) is 1.84. The van der Waals surface area contributed by atoms with Gasteiger partial charge in [0.1, 0.15) is 11.6 Å². The fourth-order valence-corrected chi connectivity index (χ4v) is 2.43. The molecular weight excluding hydrogens is 328 g/mol. The highest BCUT2D eigenvalue weighted by molar-refractivity contribution is 5.97. The first-order chi connectivity index (χ1) is 11.0. The lowest BCUT2D eigenvalue weighted by Crippen LogP contribution is -2.27. The van der Waals surface area contributed by atoms with Crippen molar-refractivity contribution in [3.63, 3.8) is 0 Å². The van der Waals surface area contributed by atoms with Gasteiger partial charge in [-0.05, 0) is 30.2 Å². The van der Waals surface area contributed by atoms with Gasteiger partial charge in [0, 0.05) is 23.2 Å². The first-order valence-corrected chi connectivity index (χ1v) is 7.20. The second-order valence-electron chi connectivity index (χ2n) is 5.34. The van der Waals surface area contributed by atoms with Crippen molar-refractivity contribution in [2.75, 3.05) is 5.32 Å². The van der Waals surface area contributed by atoms with Crippen molar-refractivity contribution in [3.8, 4) is 0 Å². The van der Waals surface area contributed by atoms with E-state index in [0.29, 0.717) is 11.3 Å². The van der Waals surface area contributed by atoms with Crippen LogP contribution in [0.5, 0.6) is 0 Å². The minimum Gasteiger partial charge on any atom is -0.423 e. The Morgan fingerprint density at radius 1 is 1.12 bits per heavy atom. The van der Waals surface area contributed by atoms with Crippen molar-refractivity contribution in [2.45, 2.75) is 13.0 Å². The summed E-state index contributed by atoms with van der Waals surface area (Å²) in [7, 11) is 0. The Morgan fingerprint density at radius 2 is 1.83 bits per heavy atom. The summed E-state index contributed by atoms with van der Waals surface area (Å²) in [5, 5.41) is 3.57. The standard InChI is InChI=1S/C18H16N2O3.ClH/c1-11-9-16(21)23-15-10-13(7-8-14(11)15)20-18(22)17(19)12-5-3-2-4-6-12;/h2-10,17H,19H2,1H3,(H,20,22);1H/t17-;/m1./s1. The smallest absolute Gasteiger partial charge is 0.336 e. The van der Waals surface area contributed by atoms with Gasteiger partial charge in [-0.15, -0.1) is 12.4 Å². The van der Waals surface area contributed by atoms with E-state index in [0.717, 1.165) is 16.5 Å². The number of nitrogens with two attached hydrogens (primary N) is 1. The third-order valence-corrected chi connectivity index (χ3v) is 3.66. The van der Waals surface area contributed by atoms with E-state index >= 15 is 0 Å². The first kappa shape index (κ1) is 17.7. The number of hydrogen-bond donors (Lipinski definition) is 2. The Kier molecular flexibility index (Phi) is 5.39. The van der Waals surface area contributed by atoms with Crippen molar-refractivity contribution in [3.05, 3.63) is 76.1 Å². The lowest BCUT2D eigenvalue weighted by molar-refractivity contribution is -0.117. The molecule has 1 atom stereocenters. The maximum absolute atomic E-state index is 12.3. The molecule has 0 saturated heterocycles. The number of amides is 1. The number of nitrogens with one attached hydrogen (secondary N) is 1. The lowest BCUT2D eigenvalue weighted by atomic mass is 10.1. The van der Waals surface area contributed by atoms with Crippen LogP contribution in [0.15, 0.2) is 63.8 Å². The second kappa shape index (κ2) is 7.29. The van der Waals surface area contributed by atoms with Gasteiger partial charge in [0.2, 0.25) is 5.91 Å². The van der Waals surface area contributed by atoms with Crippen LogP contribution in [0, 0.1) is 6.92 Å². The van der Waals surface area contributed by atoms with Crippen molar-refractivity contribution >= 4 is 35.0 Å². The Balaban J connectivity index is 0.00000208. The van der Waals surface area contributed by atoms with Gasteiger partial charge < -0.3 is 15.5 Å². The molecule has 0 radical (unpaired) electrons. The van der Waals surface area contributed by atoms with Crippen LogP contribution in [0.3, 0.4) is 0 Å². The van der Waals surface area contributed by atoms with Crippen LogP contribution in [-0.4, -0.2) is 5.91 Å². The molecule has 1 aromatic heterocycles. The van der Waals surface area contributed by atoms with E-state index in [-0.39, 0.29) is 18.3 Å². The second-order valence-corrected chi connectivity index (χ2v) is 5.34. The Bertz CT molecular complexity index is 922. The van der Waals surface area contributed by atoms with E-state index in [1.165, 1.54) is 6.07 Å². The van der Waals surface area contributed by atoms with Crippen LogP contribution in [0.2, 0.25) is 0 Å². The third kappa shape index (κ3) is 3.64. The van der Waals surface area contributed by atoms with Gasteiger partial charge in [0.05, 0.1) is 0 Å². The number of halogens is 1. The zero-order valence-corrected chi connectivity index (χ0v) is 13.8. The van der Waals surface area contributed by atoms with Crippen LogP contribution in [-0.2, 0) is 4.79 Å². The first-order valence-electron chi connectivity index (χ1n) is 7.20. The van der Waals surface area contributed by atoms with E-state index in [2.05, 4.69) is 5.32 Å². The quantitative estimate of drug-likeness (QED) is 0.715. The lowest BCUT2D eigenvalue weighted by Gasteiger charge is -2.13. The van der Waals surface area contributed by atoms with E-state index < -0.39 is 11.7 Å².